The molecule has 0 aromatic carbocycles. The summed E-state index contributed by atoms with van der Waals surface area (Å²) in [5.41, 5.74) is 0. The first-order valence-corrected chi connectivity index (χ1v) is 6.97. The van der Waals surface area contributed by atoms with Crippen LogP contribution in [0.3, 0.4) is 0 Å². The predicted molar refractivity (Wildman–Crippen MR) is 90.1 cm³/mol. The zero-order chi connectivity index (χ0) is 13.4. The molecule has 1 N–H and O–H groups in total. The molecule has 1 saturated heterocycles. The van der Waals surface area contributed by atoms with Gasteiger partial charge in [0, 0.05) is 46.2 Å². The molecule has 1 aliphatic rings. The number of guanidine groups is 1. The third-order valence-corrected chi connectivity index (χ3v) is 3.13. The molecule has 0 aromatic heterocycles. The van der Waals surface area contributed by atoms with E-state index in [1.54, 1.807) is 6.92 Å². The molecule has 1 aliphatic heterocycles. The summed E-state index contributed by atoms with van der Waals surface area (Å²) in [5.74, 6) is 1.16. The fraction of sp³-hybridized carbons (Fsp3) is 0.846. The van der Waals surface area contributed by atoms with Gasteiger partial charge in [0.05, 0.1) is 0 Å². The van der Waals surface area contributed by atoms with Crippen molar-refractivity contribution in [3.05, 3.63) is 0 Å². The number of halogens is 1. The van der Waals surface area contributed by atoms with Gasteiger partial charge in [-0.3, -0.25) is 9.79 Å². The molecule has 5 nitrogen and oxygen atoms in total. The first kappa shape index (κ1) is 18.5. The van der Waals surface area contributed by atoms with E-state index in [4.69, 9.17) is 0 Å². The van der Waals surface area contributed by atoms with E-state index in [1.165, 1.54) is 6.42 Å². The normalized spacial score (nSPS) is 16.1. The number of nitrogens with zero attached hydrogens (tertiary/aromatic N) is 3. The van der Waals surface area contributed by atoms with E-state index in [2.05, 4.69) is 29.1 Å². The lowest BCUT2D eigenvalue weighted by molar-refractivity contribution is -0.130. The number of rotatable bonds is 4. The summed E-state index contributed by atoms with van der Waals surface area (Å²) >= 11 is 0. The third kappa shape index (κ3) is 6.44. The molecule has 19 heavy (non-hydrogen) atoms. The van der Waals surface area contributed by atoms with Crippen molar-refractivity contribution in [2.75, 3.05) is 39.3 Å². The maximum Gasteiger partial charge on any atom is 0.219 e. The summed E-state index contributed by atoms with van der Waals surface area (Å²) in [6.07, 6.45) is 2.29. The lowest BCUT2D eigenvalue weighted by Crippen LogP contribution is -2.53. The molecule has 0 bridgehead atoms. The Morgan fingerprint density at radius 2 is 1.74 bits per heavy atom. The molecule has 0 saturated carbocycles. The highest BCUT2D eigenvalue weighted by Gasteiger charge is 2.20. The van der Waals surface area contributed by atoms with Crippen LogP contribution in [0.1, 0.15) is 33.6 Å². The van der Waals surface area contributed by atoms with Crippen LogP contribution in [0.2, 0.25) is 0 Å². The van der Waals surface area contributed by atoms with Crippen molar-refractivity contribution in [3.63, 3.8) is 0 Å². The van der Waals surface area contributed by atoms with Crippen molar-refractivity contribution in [1.29, 1.82) is 0 Å². The van der Waals surface area contributed by atoms with Crippen molar-refractivity contribution < 1.29 is 4.79 Å². The van der Waals surface area contributed by atoms with E-state index in [-0.39, 0.29) is 29.9 Å². The lowest BCUT2D eigenvalue weighted by Gasteiger charge is -2.36. The minimum absolute atomic E-state index is 0. The SMILES string of the molecule is CCCCN=C(NCC)N1CCN(C(C)=O)CC1.I. The van der Waals surface area contributed by atoms with E-state index in [9.17, 15) is 4.79 Å². The summed E-state index contributed by atoms with van der Waals surface area (Å²) in [6, 6.07) is 0. The molecule has 0 radical (unpaired) electrons. The molecule has 0 atom stereocenters. The number of carbonyl (C=O) groups is 1. The minimum atomic E-state index is 0. The van der Waals surface area contributed by atoms with Gasteiger partial charge >= 0.3 is 0 Å². The van der Waals surface area contributed by atoms with Crippen molar-refractivity contribution >= 4 is 35.8 Å². The minimum Gasteiger partial charge on any atom is -0.357 e. The second kappa shape index (κ2) is 10.3. The maximum absolute atomic E-state index is 11.3. The van der Waals surface area contributed by atoms with E-state index >= 15 is 0 Å². The van der Waals surface area contributed by atoms with Crippen LogP contribution in [0, 0.1) is 0 Å². The highest BCUT2D eigenvalue weighted by atomic mass is 127. The van der Waals surface area contributed by atoms with E-state index in [0.717, 1.165) is 51.6 Å². The Labute approximate surface area is 133 Å². The molecular formula is C13H27IN4O. The van der Waals surface area contributed by atoms with Crippen molar-refractivity contribution in [2.45, 2.75) is 33.6 Å². The van der Waals surface area contributed by atoms with Gasteiger partial charge in [0.25, 0.3) is 0 Å². The fourth-order valence-electron chi connectivity index (χ4n) is 2.00. The van der Waals surface area contributed by atoms with Gasteiger partial charge in [-0.05, 0) is 13.3 Å². The van der Waals surface area contributed by atoms with Crippen LogP contribution in [0.4, 0.5) is 0 Å². The second-order valence-corrected chi connectivity index (χ2v) is 4.58. The highest BCUT2D eigenvalue weighted by molar-refractivity contribution is 14.0. The highest BCUT2D eigenvalue weighted by Crippen LogP contribution is 2.03. The summed E-state index contributed by atoms with van der Waals surface area (Å²) < 4.78 is 0. The molecule has 6 heteroatoms. The predicted octanol–water partition coefficient (Wildman–Crippen LogP) is 1.53. The first-order chi connectivity index (χ1) is 8.69. The van der Waals surface area contributed by atoms with Crippen LogP contribution >= 0.6 is 24.0 Å². The molecule has 1 amide bonds. The number of amides is 1. The Bertz CT molecular complexity index is 288. The van der Waals surface area contributed by atoms with Gasteiger partial charge in [0.1, 0.15) is 0 Å². The number of hydrogen-bond donors (Lipinski definition) is 1. The zero-order valence-electron chi connectivity index (χ0n) is 12.3. The number of aliphatic imine (C=N–C) groups is 1. The quantitative estimate of drug-likeness (QED) is 0.347. The van der Waals surface area contributed by atoms with Crippen LogP contribution in [-0.4, -0.2) is 60.9 Å². The van der Waals surface area contributed by atoms with Crippen LogP contribution in [-0.2, 0) is 4.79 Å². The van der Waals surface area contributed by atoms with Crippen molar-refractivity contribution in [2.24, 2.45) is 4.99 Å². The molecule has 1 fully saturated rings. The summed E-state index contributed by atoms with van der Waals surface area (Å²) in [5, 5.41) is 3.33. The average Bonchev–Trinajstić information content (AvgIpc) is 2.38. The molecule has 0 unspecified atom stereocenters. The van der Waals surface area contributed by atoms with Crippen molar-refractivity contribution in [3.8, 4) is 0 Å². The standard InChI is InChI=1S/C13H26N4O.HI/c1-4-6-7-15-13(14-5-2)17-10-8-16(9-11-17)12(3)18;/h4-11H2,1-3H3,(H,14,15);1H. The Balaban J connectivity index is 0.00000324. The average molecular weight is 382 g/mol. The number of carbonyl (C=O) groups excluding carboxylic acids is 1. The first-order valence-electron chi connectivity index (χ1n) is 6.97. The Morgan fingerprint density at radius 3 is 2.21 bits per heavy atom. The molecule has 0 aromatic rings. The van der Waals surface area contributed by atoms with Gasteiger partial charge < -0.3 is 15.1 Å². The number of hydrogen-bond acceptors (Lipinski definition) is 2. The number of unbranched alkanes of at least 4 members (excludes halogenated alkanes) is 1. The van der Waals surface area contributed by atoms with Crippen LogP contribution < -0.4 is 5.32 Å². The Kier molecular flexibility index (Phi) is 9.99. The fourth-order valence-corrected chi connectivity index (χ4v) is 2.00. The van der Waals surface area contributed by atoms with Gasteiger partial charge in [0.15, 0.2) is 5.96 Å². The van der Waals surface area contributed by atoms with Crippen molar-refractivity contribution in [1.82, 2.24) is 15.1 Å². The molecule has 1 heterocycles. The molecular weight excluding hydrogens is 355 g/mol. The Morgan fingerprint density at radius 1 is 1.16 bits per heavy atom. The van der Waals surface area contributed by atoms with E-state index in [0.29, 0.717) is 0 Å². The summed E-state index contributed by atoms with van der Waals surface area (Å²) in [7, 11) is 0. The van der Waals surface area contributed by atoms with Crippen LogP contribution in [0.5, 0.6) is 0 Å². The summed E-state index contributed by atoms with van der Waals surface area (Å²) in [4.78, 5) is 20.0. The molecule has 1 rings (SSSR count). The number of nitrogens with one attached hydrogen (secondary N) is 1. The van der Waals surface area contributed by atoms with E-state index < -0.39 is 0 Å². The topological polar surface area (TPSA) is 47.9 Å². The second-order valence-electron chi connectivity index (χ2n) is 4.58. The zero-order valence-corrected chi connectivity index (χ0v) is 14.6. The molecule has 0 spiro atoms. The molecule has 112 valence electrons. The Hall–Kier alpha value is -0.530. The smallest absolute Gasteiger partial charge is 0.219 e. The maximum atomic E-state index is 11.3. The van der Waals surface area contributed by atoms with Gasteiger partial charge in [-0.25, -0.2) is 0 Å². The number of piperazine rings is 1. The molecule has 0 aliphatic carbocycles. The van der Waals surface area contributed by atoms with E-state index in [1.807, 2.05) is 4.90 Å². The van der Waals surface area contributed by atoms with Gasteiger partial charge in [-0.2, -0.15) is 0 Å². The largest absolute Gasteiger partial charge is 0.357 e. The van der Waals surface area contributed by atoms with Gasteiger partial charge in [0.2, 0.25) is 5.91 Å². The van der Waals surface area contributed by atoms with Gasteiger partial charge in [-0.15, -0.1) is 24.0 Å². The monoisotopic (exact) mass is 382 g/mol. The summed E-state index contributed by atoms with van der Waals surface area (Å²) in [6.45, 7) is 11.0. The van der Waals surface area contributed by atoms with Crippen LogP contribution in [0.25, 0.3) is 0 Å². The third-order valence-electron chi connectivity index (χ3n) is 3.13. The van der Waals surface area contributed by atoms with Gasteiger partial charge in [-0.1, -0.05) is 13.3 Å². The van der Waals surface area contributed by atoms with Crippen LogP contribution in [0.15, 0.2) is 4.99 Å². The lowest BCUT2D eigenvalue weighted by atomic mass is 10.3.